The van der Waals surface area contributed by atoms with Crippen molar-refractivity contribution in [2.24, 2.45) is 11.7 Å². The first-order valence-electron chi connectivity index (χ1n) is 6.30. The molecular weight excluding hydrogens is 232 g/mol. The summed E-state index contributed by atoms with van der Waals surface area (Å²) in [5.41, 5.74) is 7.28. The topological polar surface area (TPSA) is 29.3 Å². The van der Waals surface area contributed by atoms with Crippen molar-refractivity contribution in [2.75, 3.05) is 13.6 Å². The first kappa shape index (κ1) is 12.9. The Morgan fingerprint density at radius 3 is 2.59 bits per heavy atom. The number of nitrogens with zero attached hydrogens (tertiary/aromatic N) is 1. The van der Waals surface area contributed by atoms with Gasteiger partial charge in [-0.2, -0.15) is 0 Å². The van der Waals surface area contributed by atoms with Gasteiger partial charge in [0.25, 0.3) is 0 Å². The third kappa shape index (κ3) is 3.21. The molecule has 0 saturated heterocycles. The molecule has 0 amide bonds. The van der Waals surface area contributed by atoms with Crippen LogP contribution in [0.4, 0.5) is 0 Å². The van der Waals surface area contributed by atoms with E-state index < -0.39 is 0 Å². The Hall–Kier alpha value is -0.570. The van der Waals surface area contributed by atoms with Crippen molar-refractivity contribution in [2.45, 2.75) is 31.8 Å². The van der Waals surface area contributed by atoms with Crippen LogP contribution in [0.1, 0.15) is 31.4 Å². The highest BCUT2D eigenvalue weighted by Gasteiger charge is 2.29. The van der Waals surface area contributed by atoms with E-state index in [-0.39, 0.29) is 12.1 Å². The molecule has 2 atom stereocenters. The molecule has 1 aliphatic rings. The third-order valence-electron chi connectivity index (χ3n) is 3.44. The zero-order valence-corrected chi connectivity index (χ0v) is 11.3. The molecule has 1 fully saturated rings. The van der Waals surface area contributed by atoms with Crippen LogP contribution in [0.2, 0.25) is 5.02 Å². The maximum atomic E-state index is 6.28. The smallest absolute Gasteiger partial charge is 0.0508 e. The van der Waals surface area contributed by atoms with Gasteiger partial charge in [0.2, 0.25) is 0 Å². The molecule has 0 aliphatic heterocycles. The molecule has 1 saturated carbocycles. The number of nitrogens with two attached hydrogens (primary N) is 1. The van der Waals surface area contributed by atoms with Gasteiger partial charge < -0.3 is 5.73 Å². The van der Waals surface area contributed by atoms with Crippen molar-refractivity contribution in [3.8, 4) is 0 Å². The Bertz CT molecular complexity index is 374. The molecule has 0 radical (unpaired) electrons. The highest BCUT2D eigenvalue weighted by molar-refractivity contribution is 6.31. The Morgan fingerprint density at radius 1 is 1.41 bits per heavy atom. The molecule has 94 valence electrons. The van der Waals surface area contributed by atoms with Crippen LogP contribution < -0.4 is 5.73 Å². The molecule has 2 nitrogen and oxygen atoms in total. The van der Waals surface area contributed by atoms with Crippen molar-refractivity contribution in [1.29, 1.82) is 0 Å². The van der Waals surface area contributed by atoms with Gasteiger partial charge >= 0.3 is 0 Å². The lowest BCUT2D eigenvalue weighted by Crippen LogP contribution is -2.38. The van der Waals surface area contributed by atoms with Gasteiger partial charge in [-0.1, -0.05) is 29.8 Å². The van der Waals surface area contributed by atoms with Crippen molar-refractivity contribution in [3.05, 3.63) is 34.9 Å². The lowest BCUT2D eigenvalue weighted by molar-refractivity contribution is 0.211. The molecule has 2 rings (SSSR count). The Labute approximate surface area is 109 Å². The minimum atomic E-state index is 0.0821. The predicted molar refractivity (Wildman–Crippen MR) is 73.2 cm³/mol. The summed E-state index contributed by atoms with van der Waals surface area (Å²) in [6.07, 6.45) is 2.72. The van der Waals surface area contributed by atoms with Gasteiger partial charge in [-0.05, 0) is 44.4 Å². The number of benzene rings is 1. The number of likely N-dealkylation sites (N-methyl/N-ethyl adjacent to an activating group) is 1. The maximum absolute atomic E-state index is 6.28. The number of halogens is 1. The van der Waals surface area contributed by atoms with Crippen LogP contribution in [-0.4, -0.2) is 24.5 Å². The van der Waals surface area contributed by atoms with Gasteiger partial charge in [-0.3, -0.25) is 4.90 Å². The normalized spacial score (nSPS) is 19.4. The van der Waals surface area contributed by atoms with Crippen molar-refractivity contribution >= 4 is 11.6 Å². The summed E-state index contributed by atoms with van der Waals surface area (Å²) in [4.78, 5) is 2.35. The Kier molecular flexibility index (Phi) is 4.08. The average molecular weight is 253 g/mol. The van der Waals surface area contributed by atoms with Gasteiger partial charge in [0, 0.05) is 17.6 Å². The average Bonchev–Trinajstić information content (AvgIpc) is 3.04. The van der Waals surface area contributed by atoms with Gasteiger partial charge in [0.05, 0.1) is 6.04 Å². The van der Waals surface area contributed by atoms with E-state index in [0.29, 0.717) is 0 Å². The maximum Gasteiger partial charge on any atom is 0.0508 e. The van der Waals surface area contributed by atoms with E-state index >= 15 is 0 Å². The first-order valence-corrected chi connectivity index (χ1v) is 6.67. The van der Waals surface area contributed by atoms with E-state index in [1.54, 1.807) is 0 Å². The molecule has 2 unspecified atom stereocenters. The summed E-state index contributed by atoms with van der Waals surface area (Å²) in [5, 5.41) is 0.817. The first-order chi connectivity index (χ1) is 8.09. The summed E-state index contributed by atoms with van der Waals surface area (Å²) in [6.45, 7) is 3.18. The molecule has 1 aliphatic carbocycles. The lowest BCUT2D eigenvalue weighted by Gasteiger charge is -2.32. The van der Waals surface area contributed by atoms with Crippen LogP contribution >= 0.6 is 11.6 Å². The minimum Gasteiger partial charge on any atom is -0.326 e. The second-order valence-electron chi connectivity index (χ2n) is 5.21. The van der Waals surface area contributed by atoms with Crippen LogP contribution in [-0.2, 0) is 0 Å². The van der Waals surface area contributed by atoms with E-state index in [0.717, 1.165) is 23.0 Å². The summed E-state index contributed by atoms with van der Waals surface area (Å²) in [6, 6.07) is 8.31. The van der Waals surface area contributed by atoms with Gasteiger partial charge in [-0.15, -0.1) is 0 Å². The van der Waals surface area contributed by atoms with Crippen molar-refractivity contribution in [3.63, 3.8) is 0 Å². The van der Waals surface area contributed by atoms with E-state index in [1.165, 1.54) is 12.8 Å². The van der Waals surface area contributed by atoms with Crippen LogP contribution in [0.15, 0.2) is 24.3 Å². The number of rotatable bonds is 5. The molecule has 0 bridgehead atoms. The molecule has 0 heterocycles. The molecule has 17 heavy (non-hydrogen) atoms. The highest BCUT2D eigenvalue weighted by Crippen LogP contribution is 2.34. The molecule has 1 aromatic carbocycles. The van der Waals surface area contributed by atoms with Gasteiger partial charge in [-0.25, -0.2) is 0 Å². The summed E-state index contributed by atoms with van der Waals surface area (Å²) in [7, 11) is 2.15. The number of hydrogen-bond acceptors (Lipinski definition) is 2. The standard InChI is InChI=1S/C14H21ClN2/c1-10(16)14(17(2)9-11-7-8-11)12-5-3-4-6-13(12)15/h3-6,10-11,14H,7-9,16H2,1-2H3. The molecule has 3 heteroatoms. The van der Waals surface area contributed by atoms with Crippen LogP contribution in [0.25, 0.3) is 0 Å². The number of hydrogen-bond donors (Lipinski definition) is 1. The molecule has 0 aromatic heterocycles. The van der Waals surface area contributed by atoms with Crippen LogP contribution in [0.3, 0.4) is 0 Å². The highest BCUT2D eigenvalue weighted by atomic mass is 35.5. The third-order valence-corrected chi connectivity index (χ3v) is 3.78. The van der Waals surface area contributed by atoms with Crippen LogP contribution in [0, 0.1) is 5.92 Å². The Morgan fingerprint density at radius 2 is 2.06 bits per heavy atom. The second kappa shape index (κ2) is 5.38. The molecule has 0 spiro atoms. The summed E-state index contributed by atoms with van der Waals surface area (Å²) >= 11 is 6.28. The quantitative estimate of drug-likeness (QED) is 0.873. The molecule has 2 N–H and O–H groups in total. The van der Waals surface area contributed by atoms with Crippen LogP contribution in [0.5, 0.6) is 0 Å². The predicted octanol–water partition coefficient (Wildman–Crippen LogP) is 3.07. The van der Waals surface area contributed by atoms with E-state index in [2.05, 4.69) is 24.9 Å². The monoisotopic (exact) mass is 252 g/mol. The second-order valence-corrected chi connectivity index (χ2v) is 5.62. The minimum absolute atomic E-state index is 0.0821. The molecular formula is C14H21ClN2. The van der Waals surface area contributed by atoms with E-state index in [9.17, 15) is 0 Å². The van der Waals surface area contributed by atoms with E-state index in [1.807, 2.05) is 18.2 Å². The lowest BCUT2D eigenvalue weighted by atomic mass is 9.99. The Balaban J connectivity index is 2.18. The van der Waals surface area contributed by atoms with Gasteiger partial charge in [0.1, 0.15) is 0 Å². The fraction of sp³-hybridized carbons (Fsp3) is 0.571. The fourth-order valence-electron chi connectivity index (χ4n) is 2.46. The summed E-state index contributed by atoms with van der Waals surface area (Å²) < 4.78 is 0. The zero-order valence-electron chi connectivity index (χ0n) is 10.6. The van der Waals surface area contributed by atoms with Crippen molar-refractivity contribution < 1.29 is 0 Å². The fourth-order valence-corrected chi connectivity index (χ4v) is 2.71. The zero-order chi connectivity index (χ0) is 12.4. The van der Waals surface area contributed by atoms with E-state index in [4.69, 9.17) is 17.3 Å². The summed E-state index contributed by atoms with van der Waals surface area (Å²) in [5.74, 6) is 0.865. The molecule has 1 aromatic rings. The van der Waals surface area contributed by atoms with Gasteiger partial charge in [0.15, 0.2) is 0 Å². The SMILES string of the molecule is CC(N)C(c1ccccc1Cl)N(C)CC1CC1. The largest absolute Gasteiger partial charge is 0.326 e. The van der Waals surface area contributed by atoms with Crippen molar-refractivity contribution in [1.82, 2.24) is 4.90 Å².